The number of hydrogen-bond donors (Lipinski definition) is 0. The highest BCUT2D eigenvalue weighted by Gasteiger charge is 2.18. The summed E-state index contributed by atoms with van der Waals surface area (Å²) < 4.78 is 8.45. The molecule has 0 atom stereocenters. The van der Waals surface area contributed by atoms with Crippen molar-refractivity contribution in [1.29, 1.82) is 0 Å². The Morgan fingerprint density at radius 2 is 1.57 bits per heavy atom. The second-order valence-corrected chi connectivity index (χ2v) is 6.79. The molecule has 0 N–H and O–H groups in total. The molecule has 146 valence electrons. The first-order chi connectivity index (χ1) is 14.7. The summed E-state index contributed by atoms with van der Waals surface area (Å²) in [6.07, 6.45) is 1.91. The van der Waals surface area contributed by atoms with E-state index in [9.17, 15) is 4.79 Å². The van der Waals surface area contributed by atoms with Crippen molar-refractivity contribution in [2.45, 2.75) is 0 Å². The first kappa shape index (κ1) is 17.9. The van der Waals surface area contributed by atoms with Crippen molar-refractivity contribution in [2.24, 2.45) is 0 Å². The molecule has 0 radical (unpaired) electrons. The lowest BCUT2D eigenvalue weighted by molar-refractivity contribution is 0.414. The molecule has 30 heavy (non-hydrogen) atoms. The molecule has 0 saturated carbocycles. The zero-order valence-electron chi connectivity index (χ0n) is 16.3. The molecule has 0 fully saturated rings. The van der Waals surface area contributed by atoms with Crippen molar-refractivity contribution >= 4 is 5.52 Å². The molecular weight excluding hydrogens is 376 g/mol. The van der Waals surface area contributed by atoms with Crippen LogP contribution in [0.4, 0.5) is 0 Å². The van der Waals surface area contributed by atoms with Crippen LogP contribution in [0.5, 0.6) is 5.75 Å². The topological polar surface area (TPSA) is 61.4 Å². The van der Waals surface area contributed by atoms with Crippen LogP contribution in [0.15, 0.2) is 95.9 Å². The van der Waals surface area contributed by atoms with Gasteiger partial charge in [-0.15, -0.1) is 0 Å². The van der Waals surface area contributed by atoms with Gasteiger partial charge in [0.15, 0.2) is 0 Å². The van der Waals surface area contributed by atoms with E-state index in [-0.39, 0.29) is 5.56 Å². The van der Waals surface area contributed by atoms with Crippen LogP contribution in [0.3, 0.4) is 0 Å². The van der Waals surface area contributed by atoms with Crippen molar-refractivity contribution in [3.63, 3.8) is 0 Å². The number of fused-ring (bicyclic) bond motifs is 1. The van der Waals surface area contributed by atoms with Gasteiger partial charge in [0.05, 0.1) is 29.6 Å². The highest BCUT2D eigenvalue weighted by molar-refractivity contribution is 5.90. The average molecular weight is 394 g/mol. The lowest BCUT2D eigenvalue weighted by Gasteiger charge is -2.09. The largest absolute Gasteiger partial charge is 0.497 e. The van der Waals surface area contributed by atoms with Gasteiger partial charge in [0, 0.05) is 17.8 Å². The Hall–Kier alpha value is -4.19. The molecule has 0 bridgehead atoms. The van der Waals surface area contributed by atoms with E-state index < -0.39 is 0 Å². The normalized spacial score (nSPS) is 11.0. The van der Waals surface area contributed by atoms with Crippen molar-refractivity contribution in [1.82, 2.24) is 19.4 Å². The minimum absolute atomic E-state index is 0.207. The van der Waals surface area contributed by atoms with Gasteiger partial charge in [0.1, 0.15) is 11.4 Å². The highest BCUT2D eigenvalue weighted by atomic mass is 16.5. The summed E-state index contributed by atoms with van der Waals surface area (Å²) in [5.74, 6) is 0.719. The highest BCUT2D eigenvalue weighted by Crippen LogP contribution is 2.33. The molecule has 3 heterocycles. The molecule has 5 rings (SSSR count). The van der Waals surface area contributed by atoms with Gasteiger partial charge in [0.2, 0.25) is 0 Å². The molecule has 0 spiro atoms. The number of pyridine rings is 1. The molecule has 0 aliphatic carbocycles. The van der Waals surface area contributed by atoms with Crippen LogP contribution in [-0.4, -0.2) is 26.5 Å². The van der Waals surface area contributed by atoms with E-state index in [0.29, 0.717) is 11.4 Å². The van der Waals surface area contributed by atoms with E-state index in [1.165, 1.54) is 10.7 Å². The Balaban J connectivity index is 1.74. The van der Waals surface area contributed by atoms with E-state index in [1.807, 2.05) is 71.4 Å². The Bertz CT molecular complexity index is 1390. The fraction of sp³-hybridized carbons (Fsp3) is 0.0417. The van der Waals surface area contributed by atoms with E-state index in [0.717, 1.165) is 28.1 Å². The predicted octanol–water partition coefficient (Wildman–Crippen LogP) is 4.22. The lowest BCUT2D eigenvalue weighted by Crippen LogP contribution is -2.20. The van der Waals surface area contributed by atoms with Crippen LogP contribution in [0.1, 0.15) is 0 Å². The summed E-state index contributed by atoms with van der Waals surface area (Å²) in [7, 11) is 1.61. The molecule has 0 saturated heterocycles. The third kappa shape index (κ3) is 3.04. The summed E-state index contributed by atoms with van der Waals surface area (Å²) in [5.41, 5.74) is 4.73. The van der Waals surface area contributed by atoms with Gasteiger partial charge in [-0.3, -0.25) is 4.79 Å². The van der Waals surface area contributed by atoms with Crippen molar-refractivity contribution in [2.75, 3.05) is 7.11 Å². The van der Waals surface area contributed by atoms with E-state index in [4.69, 9.17) is 9.84 Å². The second-order valence-electron chi connectivity index (χ2n) is 6.79. The van der Waals surface area contributed by atoms with Gasteiger partial charge in [-0.2, -0.15) is 14.9 Å². The molecule has 6 heteroatoms. The number of aromatic nitrogens is 4. The SMILES string of the molecule is COc1ccc(-n2nc(-c3c(-c4ccccc4)nn4ccccc34)ccc2=O)cc1. The monoisotopic (exact) mass is 394 g/mol. The van der Waals surface area contributed by atoms with Crippen LogP contribution in [0, 0.1) is 0 Å². The Labute approximate surface area is 172 Å². The molecule has 0 aliphatic rings. The predicted molar refractivity (Wildman–Crippen MR) is 116 cm³/mol. The number of hydrogen-bond acceptors (Lipinski definition) is 4. The van der Waals surface area contributed by atoms with Gasteiger partial charge < -0.3 is 4.74 Å². The summed E-state index contributed by atoms with van der Waals surface area (Å²) in [5, 5.41) is 9.47. The molecule has 0 unspecified atom stereocenters. The van der Waals surface area contributed by atoms with Crippen molar-refractivity contribution in [3.05, 3.63) is 101 Å². The van der Waals surface area contributed by atoms with Crippen LogP contribution < -0.4 is 10.3 Å². The standard InChI is InChI=1S/C24H18N4O2/c1-30-19-12-10-18(11-13-19)28-22(29)15-14-20(25-28)23-21-9-5-6-16-27(21)26-24(23)17-7-3-2-4-8-17/h2-16H,1H3. The Kier molecular flexibility index (Phi) is 4.37. The molecular formula is C24H18N4O2. The summed E-state index contributed by atoms with van der Waals surface area (Å²) in [6.45, 7) is 0. The lowest BCUT2D eigenvalue weighted by atomic mass is 10.0. The minimum Gasteiger partial charge on any atom is -0.497 e. The van der Waals surface area contributed by atoms with E-state index in [2.05, 4.69) is 5.10 Å². The maximum atomic E-state index is 12.6. The van der Waals surface area contributed by atoms with Gasteiger partial charge >= 0.3 is 0 Å². The first-order valence-electron chi connectivity index (χ1n) is 9.52. The summed E-state index contributed by atoms with van der Waals surface area (Å²) >= 11 is 0. The smallest absolute Gasteiger partial charge is 0.271 e. The number of benzene rings is 2. The molecule has 0 aliphatic heterocycles. The van der Waals surface area contributed by atoms with Crippen LogP contribution >= 0.6 is 0 Å². The molecule has 5 aromatic rings. The second kappa shape index (κ2) is 7.33. The Morgan fingerprint density at radius 1 is 0.800 bits per heavy atom. The molecule has 0 amide bonds. The zero-order valence-corrected chi connectivity index (χ0v) is 16.3. The summed E-state index contributed by atoms with van der Waals surface area (Å²) in [4.78, 5) is 12.6. The maximum absolute atomic E-state index is 12.6. The number of methoxy groups -OCH3 is 1. The van der Waals surface area contributed by atoms with E-state index >= 15 is 0 Å². The number of rotatable bonds is 4. The minimum atomic E-state index is -0.207. The summed E-state index contributed by atoms with van der Waals surface area (Å²) in [6, 6.07) is 26.4. The third-order valence-corrected chi connectivity index (χ3v) is 4.96. The van der Waals surface area contributed by atoms with Crippen LogP contribution in [0.2, 0.25) is 0 Å². The van der Waals surface area contributed by atoms with Gasteiger partial charge in [-0.1, -0.05) is 36.4 Å². The Morgan fingerprint density at radius 3 is 2.33 bits per heavy atom. The molecule has 6 nitrogen and oxygen atoms in total. The van der Waals surface area contributed by atoms with Crippen molar-refractivity contribution in [3.8, 4) is 34.0 Å². The van der Waals surface area contributed by atoms with Crippen LogP contribution in [-0.2, 0) is 0 Å². The fourth-order valence-electron chi connectivity index (χ4n) is 3.50. The third-order valence-electron chi connectivity index (χ3n) is 4.96. The first-order valence-corrected chi connectivity index (χ1v) is 9.52. The maximum Gasteiger partial charge on any atom is 0.271 e. The van der Waals surface area contributed by atoms with Crippen LogP contribution in [0.25, 0.3) is 33.7 Å². The van der Waals surface area contributed by atoms with E-state index in [1.54, 1.807) is 25.3 Å². The average Bonchev–Trinajstić information content (AvgIpc) is 3.20. The quantitative estimate of drug-likeness (QED) is 0.458. The van der Waals surface area contributed by atoms with Crippen molar-refractivity contribution < 1.29 is 4.74 Å². The number of ether oxygens (including phenoxy) is 1. The van der Waals surface area contributed by atoms with Gasteiger partial charge in [-0.05, 0) is 42.5 Å². The molecule has 3 aromatic heterocycles. The zero-order chi connectivity index (χ0) is 20.5. The number of nitrogens with zero attached hydrogens (tertiary/aromatic N) is 4. The molecule has 2 aromatic carbocycles. The van der Waals surface area contributed by atoms with Gasteiger partial charge in [-0.25, -0.2) is 4.52 Å². The van der Waals surface area contributed by atoms with Gasteiger partial charge in [0.25, 0.3) is 5.56 Å². The fourth-order valence-corrected chi connectivity index (χ4v) is 3.50.